The van der Waals surface area contributed by atoms with Gasteiger partial charge in [0, 0.05) is 12.1 Å². The number of hydrogen-bond donors (Lipinski definition) is 1. The first-order chi connectivity index (χ1) is 16.6. The van der Waals surface area contributed by atoms with Crippen molar-refractivity contribution in [1.29, 1.82) is 0 Å². The van der Waals surface area contributed by atoms with E-state index in [1.54, 1.807) is 18.2 Å². The van der Waals surface area contributed by atoms with Crippen LogP contribution in [0.15, 0.2) is 78.4 Å². The zero-order chi connectivity index (χ0) is 23.7. The van der Waals surface area contributed by atoms with Gasteiger partial charge in [0.15, 0.2) is 11.5 Å². The summed E-state index contributed by atoms with van der Waals surface area (Å²) in [5.74, 6) is -0.479. The monoisotopic (exact) mass is 455 g/mol. The van der Waals surface area contributed by atoms with Crippen molar-refractivity contribution in [2.45, 2.75) is 25.9 Å². The van der Waals surface area contributed by atoms with Gasteiger partial charge in [-0.15, -0.1) is 0 Å². The van der Waals surface area contributed by atoms with Crippen LogP contribution in [-0.2, 0) is 22.6 Å². The van der Waals surface area contributed by atoms with Crippen LogP contribution in [0.1, 0.15) is 35.2 Å². The number of benzene rings is 3. The molecule has 0 spiro atoms. The number of carbonyl (C=O) groups is 2. The molecule has 0 unspecified atom stereocenters. The molecule has 0 radical (unpaired) electrons. The van der Waals surface area contributed by atoms with E-state index in [9.17, 15) is 14.7 Å². The Hall–Kier alpha value is -4.06. The van der Waals surface area contributed by atoms with Crippen LogP contribution in [0.3, 0.4) is 0 Å². The van der Waals surface area contributed by atoms with Gasteiger partial charge in [0.2, 0.25) is 0 Å². The smallest absolute Gasteiger partial charge is 0.295 e. The van der Waals surface area contributed by atoms with Crippen molar-refractivity contribution in [2.24, 2.45) is 0 Å². The molecule has 0 aromatic heterocycles. The first-order valence-electron chi connectivity index (χ1n) is 11.4. The number of carbonyl (C=O) groups excluding carboxylic acids is 2. The Morgan fingerprint density at radius 1 is 0.912 bits per heavy atom. The number of aliphatic hydroxyl groups excluding tert-OH is 1. The maximum Gasteiger partial charge on any atom is 0.295 e. The molecule has 2 aliphatic heterocycles. The molecule has 34 heavy (non-hydrogen) atoms. The van der Waals surface area contributed by atoms with Gasteiger partial charge >= 0.3 is 0 Å². The quantitative estimate of drug-likeness (QED) is 0.345. The van der Waals surface area contributed by atoms with Crippen LogP contribution in [0.4, 0.5) is 0 Å². The van der Waals surface area contributed by atoms with E-state index >= 15 is 0 Å². The number of Topliss-reactive ketones (excluding diaryl/α,β-unsaturated/α-hetero) is 1. The largest absolute Gasteiger partial charge is 0.507 e. The van der Waals surface area contributed by atoms with Crippen molar-refractivity contribution in [1.82, 2.24) is 4.90 Å². The standard InChI is InChI=1S/C28H25NO5/c1-2-18-8-10-20(11-9-18)25-24(26(30)21-12-13-22-23(16-21)34-15-14-33-22)27(31)28(32)29(25)17-19-6-4-3-5-7-19/h3-13,16,25,30H,2,14-15,17H2,1H3/b26-24+/t25-/m1/s1. The van der Waals surface area contributed by atoms with Crippen LogP contribution in [0, 0.1) is 0 Å². The third-order valence-electron chi connectivity index (χ3n) is 6.26. The van der Waals surface area contributed by atoms with Crippen LogP contribution < -0.4 is 9.47 Å². The minimum atomic E-state index is -0.709. The molecule has 2 aliphatic rings. The number of ether oxygens (including phenoxy) is 2. The number of ketones is 1. The Balaban J connectivity index is 1.62. The minimum absolute atomic E-state index is 0.0712. The number of amides is 1. The van der Waals surface area contributed by atoms with Gasteiger partial charge in [0.25, 0.3) is 11.7 Å². The normalized spacial score (nSPS) is 18.9. The molecule has 6 heteroatoms. The molecule has 1 N–H and O–H groups in total. The van der Waals surface area contributed by atoms with E-state index in [1.807, 2.05) is 54.6 Å². The molecule has 3 aromatic rings. The Morgan fingerprint density at radius 3 is 2.32 bits per heavy atom. The van der Waals surface area contributed by atoms with Gasteiger partial charge in [-0.2, -0.15) is 0 Å². The van der Waals surface area contributed by atoms with Gasteiger partial charge in [0.1, 0.15) is 19.0 Å². The second kappa shape index (κ2) is 9.06. The molecule has 0 saturated carbocycles. The van der Waals surface area contributed by atoms with Crippen LogP contribution >= 0.6 is 0 Å². The van der Waals surface area contributed by atoms with Crippen molar-refractivity contribution in [3.63, 3.8) is 0 Å². The van der Waals surface area contributed by atoms with Gasteiger partial charge < -0.3 is 19.5 Å². The fourth-order valence-corrected chi connectivity index (χ4v) is 4.45. The maximum absolute atomic E-state index is 13.3. The van der Waals surface area contributed by atoms with E-state index in [0.717, 1.165) is 23.1 Å². The van der Waals surface area contributed by atoms with E-state index in [2.05, 4.69) is 6.92 Å². The Morgan fingerprint density at radius 2 is 1.62 bits per heavy atom. The van der Waals surface area contributed by atoms with Gasteiger partial charge in [-0.25, -0.2) is 0 Å². The maximum atomic E-state index is 13.3. The third-order valence-corrected chi connectivity index (χ3v) is 6.26. The summed E-state index contributed by atoms with van der Waals surface area (Å²) in [7, 11) is 0. The van der Waals surface area contributed by atoms with Crippen molar-refractivity contribution in [3.05, 3.63) is 101 Å². The third kappa shape index (κ3) is 3.92. The molecule has 0 bridgehead atoms. The van der Waals surface area contributed by atoms with Crippen molar-refractivity contribution in [2.75, 3.05) is 13.2 Å². The van der Waals surface area contributed by atoms with E-state index in [-0.39, 0.29) is 17.9 Å². The highest BCUT2D eigenvalue weighted by molar-refractivity contribution is 6.46. The SMILES string of the molecule is CCc1ccc([C@@H]2/C(=C(\O)c3ccc4c(c3)OCCO4)C(=O)C(=O)N2Cc2ccccc2)cc1. The lowest BCUT2D eigenvalue weighted by atomic mass is 9.94. The first-order valence-corrected chi connectivity index (χ1v) is 11.4. The Labute approximate surface area is 198 Å². The van der Waals surface area contributed by atoms with Gasteiger partial charge in [-0.1, -0.05) is 61.5 Å². The number of aryl methyl sites for hydroxylation is 1. The van der Waals surface area contributed by atoms with Crippen molar-refractivity contribution in [3.8, 4) is 11.5 Å². The predicted octanol–water partition coefficient (Wildman–Crippen LogP) is 4.64. The summed E-state index contributed by atoms with van der Waals surface area (Å²) in [4.78, 5) is 28.0. The van der Waals surface area contributed by atoms with Crippen LogP contribution in [0.25, 0.3) is 5.76 Å². The fraction of sp³-hybridized carbons (Fsp3) is 0.214. The summed E-state index contributed by atoms with van der Waals surface area (Å²) in [5, 5.41) is 11.3. The Bertz CT molecular complexity index is 1260. The number of rotatable bonds is 5. The number of hydrogen-bond acceptors (Lipinski definition) is 5. The van der Waals surface area contributed by atoms with Gasteiger partial charge in [-0.05, 0) is 41.3 Å². The van der Waals surface area contributed by atoms with E-state index in [1.165, 1.54) is 4.90 Å². The average Bonchev–Trinajstić information content (AvgIpc) is 3.13. The van der Waals surface area contributed by atoms with Crippen molar-refractivity contribution >= 4 is 17.4 Å². The summed E-state index contributed by atoms with van der Waals surface area (Å²) in [5.41, 5.74) is 3.29. The summed E-state index contributed by atoms with van der Waals surface area (Å²) in [6.07, 6.45) is 0.877. The molecule has 1 amide bonds. The Kier molecular flexibility index (Phi) is 5.80. The predicted molar refractivity (Wildman–Crippen MR) is 128 cm³/mol. The number of aliphatic hydroxyl groups is 1. The molecule has 3 aromatic carbocycles. The molecule has 2 heterocycles. The molecule has 1 atom stereocenters. The molecule has 6 nitrogen and oxygen atoms in total. The van der Waals surface area contributed by atoms with E-state index in [0.29, 0.717) is 30.3 Å². The summed E-state index contributed by atoms with van der Waals surface area (Å²) >= 11 is 0. The second-order valence-corrected chi connectivity index (χ2v) is 8.37. The number of likely N-dealkylation sites (tertiary alicyclic amines) is 1. The number of fused-ring (bicyclic) bond motifs is 1. The van der Waals surface area contributed by atoms with Gasteiger partial charge in [-0.3, -0.25) is 9.59 Å². The fourth-order valence-electron chi connectivity index (χ4n) is 4.45. The first kappa shape index (κ1) is 21.8. The molecule has 1 saturated heterocycles. The molecule has 5 rings (SSSR count). The topological polar surface area (TPSA) is 76.1 Å². The highest BCUT2D eigenvalue weighted by Gasteiger charge is 2.46. The average molecular weight is 456 g/mol. The highest BCUT2D eigenvalue weighted by Crippen LogP contribution is 2.41. The van der Waals surface area contributed by atoms with E-state index in [4.69, 9.17) is 9.47 Å². The molecule has 172 valence electrons. The lowest BCUT2D eigenvalue weighted by Crippen LogP contribution is -2.29. The van der Waals surface area contributed by atoms with Crippen molar-refractivity contribution < 1.29 is 24.2 Å². The number of nitrogens with zero attached hydrogens (tertiary/aromatic N) is 1. The molecule has 1 fully saturated rings. The lowest BCUT2D eigenvalue weighted by molar-refractivity contribution is -0.140. The second-order valence-electron chi connectivity index (χ2n) is 8.37. The van der Waals surface area contributed by atoms with Gasteiger partial charge in [0.05, 0.1) is 11.6 Å². The van der Waals surface area contributed by atoms with Crippen LogP contribution in [-0.4, -0.2) is 34.9 Å². The summed E-state index contributed by atoms with van der Waals surface area (Å²) in [6.45, 7) is 3.18. The summed E-state index contributed by atoms with van der Waals surface area (Å²) < 4.78 is 11.2. The van der Waals surface area contributed by atoms with Crippen LogP contribution in [0.5, 0.6) is 11.5 Å². The van der Waals surface area contributed by atoms with E-state index < -0.39 is 17.7 Å². The summed E-state index contributed by atoms with van der Waals surface area (Å²) in [6, 6.07) is 21.6. The zero-order valence-electron chi connectivity index (χ0n) is 18.9. The molecular formula is C28H25NO5. The zero-order valence-corrected chi connectivity index (χ0v) is 18.9. The highest BCUT2D eigenvalue weighted by atomic mass is 16.6. The van der Waals surface area contributed by atoms with Crippen LogP contribution in [0.2, 0.25) is 0 Å². The molecule has 0 aliphatic carbocycles. The minimum Gasteiger partial charge on any atom is -0.507 e. The lowest BCUT2D eigenvalue weighted by Gasteiger charge is -2.26. The molecular weight excluding hydrogens is 430 g/mol.